The van der Waals surface area contributed by atoms with E-state index in [-0.39, 0.29) is 12.5 Å². The monoisotopic (exact) mass is 281 g/mol. The van der Waals surface area contributed by atoms with Gasteiger partial charge in [0.1, 0.15) is 12.2 Å². The Labute approximate surface area is 116 Å². The first kappa shape index (κ1) is 14.9. The second kappa shape index (κ2) is 6.81. The number of aliphatic hydroxyl groups is 4. The second-order valence-electron chi connectivity index (χ2n) is 4.88. The molecule has 1 unspecified atom stereocenters. The van der Waals surface area contributed by atoms with E-state index in [1.54, 1.807) is 0 Å². The van der Waals surface area contributed by atoms with Crippen LogP contribution in [-0.2, 0) is 4.84 Å². The number of nitrogens with zero attached hydrogens (tertiary/aromatic N) is 1. The molecule has 0 fully saturated rings. The predicted molar refractivity (Wildman–Crippen MR) is 72.0 cm³/mol. The summed E-state index contributed by atoms with van der Waals surface area (Å²) in [5.41, 5.74) is 1.62. The van der Waals surface area contributed by atoms with Crippen LogP contribution in [0, 0.1) is 0 Å². The molecule has 0 aromatic heterocycles. The summed E-state index contributed by atoms with van der Waals surface area (Å²) in [4.78, 5) is 5.30. The van der Waals surface area contributed by atoms with E-state index in [1.807, 2.05) is 30.3 Å². The highest BCUT2D eigenvalue weighted by atomic mass is 16.6. The van der Waals surface area contributed by atoms with Crippen LogP contribution in [0.1, 0.15) is 24.5 Å². The largest absolute Gasteiger partial charge is 0.394 e. The summed E-state index contributed by atoms with van der Waals surface area (Å²) >= 11 is 0. The summed E-state index contributed by atoms with van der Waals surface area (Å²) in [7, 11) is 0. The van der Waals surface area contributed by atoms with Crippen molar-refractivity contribution in [2.75, 3.05) is 6.61 Å². The SMILES string of the molecule is OC[C@@H](O)[C@@H](O)[C@H](O)CC1=NOC(c2ccccc2)C1. The van der Waals surface area contributed by atoms with Gasteiger partial charge in [0.05, 0.1) is 18.4 Å². The van der Waals surface area contributed by atoms with Gasteiger partial charge in [0.15, 0.2) is 6.10 Å². The molecule has 0 spiro atoms. The number of oxime groups is 1. The Bertz CT molecular complexity index is 450. The average molecular weight is 281 g/mol. The lowest BCUT2D eigenvalue weighted by atomic mass is 9.98. The van der Waals surface area contributed by atoms with Crippen LogP contribution in [0.3, 0.4) is 0 Å². The molecule has 2 rings (SSSR count). The molecular weight excluding hydrogens is 262 g/mol. The zero-order valence-electron chi connectivity index (χ0n) is 11.0. The molecule has 0 aliphatic carbocycles. The molecule has 1 aliphatic heterocycles. The minimum absolute atomic E-state index is 0.0988. The van der Waals surface area contributed by atoms with Gasteiger partial charge in [0, 0.05) is 12.8 Å². The lowest BCUT2D eigenvalue weighted by Gasteiger charge is -2.21. The Morgan fingerprint density at radius 3 is 2.50 bits per heavy atom. The van der Waals surface area contributed by atoms with Crippen LogP contribution in [0.2, 0.25) is 0 Å². The Balaban J connectivity index is 1.87. The maximum absolute atomic E-state index is 9.78. The summed E-state index contributed by atoms with van der Waals surface area (Å²) in [6, 6.07) is 9.60. The van der Waals surface area contributed by atoms with E-state index >= 15 is 0 Å². The van der Waals surface area contributed by atoms with Crippen molar-refractivity contribution in [3.05, 3.63) is 35.9 Å². The fraction of sp³-hybridized carbons (Fsp3) is 0.500. The zero-order valence-corrected chi connectivity index (χ0v) is 11.0. The van der Waals surface area contributed by atoms with Gasteiger partial charge in [0.2, 0.25) is 0 Å². The van der Waals surface area contributed by atoms with Crippen molar-refractivity contribution in [1.82, 2.24) is 0 Å². The maximum Gasteiger partial charge on any atom is 0.157 e. The van der Waals surface area contributed by atoms with Crippen molar-refractivity contribution in [3.63, 3.8) is 0 Å². The molecule has 1 aromatic rings. The Morgan fingerprint density at radius 1 is 1.15 bits per heavy atom. The zero-order chi connectivity index (χ0) is 14.5. The number of rotatable bonds is 6. The first-order valence-electron chi connectivity index (χ1n) is 6.53. The number of hydrogen-bond acceptors (Lipinski definition) is 6. The molecule has 6 heteroatoms. The third-order valence-corrected chi connectivity index (χ3v) is 3.32. The molecule has 0 saturated heterocycles. The highest BCUT2D eigenvalue weighted by Crippen LogP contribution is 2.28. The van der Waals surface area contributed by atoms with Gasteiger partial charge < -0.3 is 25.3 Å². The van der Waals surface area contributed by atoms with Gasteiger partial charge >= 0.3 is 0 Å². The topological polar surface area (TPSA) is 103 Å². The van der Waals surface area contributed by atoms with Crippen LogP contribution in [0.4, 0.5) is 0 Å². The first-order valence-corrected chi connectivity index (χ1v) is 6.53. The molecule has 0 radical (unpaired) electrons. The van der Waals surface area contributed by atoms with E-state index in [2.05, 4.69) is 5.16 Å². The van der Waals surface area contributed by atoms with Crippen LogP contribution in [0.5, 0.6) is 0 Å². The highest BCUT2D eigenvalue weighted by Gasteiger charge is 2.29. The van der Waals surface area contributed by atoms with Crippen LogP contribution in [0.25, 0.3) is 0 Å². The third-order valence-electron chi connectivity index (χ3n) is 3.32. The fourth-order valence-corrected chi connectivity index (χ4v) is 2.12. The van der Waals surface area contributed by atoms with Gasteiger partial charge in [-0.05, 0) is 5.56 Å². The average Bonchev–Trinajstić information content (AvgIpc) is 2.95. The van der Waals surface area contributed by atoms with E-state index < -0.39 is 24.9 Å². The number of hydrogen-bond donors (Lipinski definition) is 4. The van der Waals surface area contributed by atoms with Crippen molar-refractivity contribution in [1.29, 1.82) is 0 Å². The Kier molecular flexibility index (Phi) is 5.08. The van der Waals surface area contributed by atoms with E-state index in [0.29, 0.717) is 12.1 Å². The predicted octanol–water partition coefficient (Wildman–Crippen LogP) is -0.0309. The maximum atomic E-state index is 9.78. The van der Waals surface area contributed by atoms with Crippen molar-refractivity contribution >= 4 is 5.71 Å². The van der Waals surface area contributed by atoms with Crippen molar-refractivity contribution < 1.29 is 25.3 Å². The van der Waals surface area contributed by atoms with Crippen LogP contribution < -0.4 is 0 Å². The molecule has 0 amide bonds. The molecule has 1 aliphatic rings. The minimum atomic E-state index is -1.40. The van der Waals surface area contributed by atoms with Gasteiger partial charge in [-0.3, -0.25) is 0 Å². The van der Waals surface area contributed by atoms with Crippen molar-refractivity contribution in [2.24, 2.45) is 5.16 Å². The van der Waals surface area contributed by atoms with E-state index in [0.717, 1.165) is 5.56 Å². The first-order chi connectivity index (χ1) is 9.61. The molecule has 20 heavy (non-hydrogen) atoms. The molecule has 4 atom stereocenters. The van der Waals surface area contributed by atoms with Gasteiger partial charge in [-0.25, -0.2) is 0 Å². The molecule has 0 bridgehead atoms. The normalized spacial score (nSPS) is 22.8. The molecule has 110 valence electrons. The van der Waals surface area contributed by atoms with Gasteiger partial charge in [-0.2, -0.15) is 0 Å². The van der Waals surface area contributed by atoms with Gasteiger partial charge in [0.25, 0.3) is 0 Å². The quantitative estimate of drug-likeness (QED) is 0.586. The van der Waals surface area contributed by atoms with E-state index in [4.69, 9.17) is 9.94 Å². The highest BCUT2D eigenvalue weighted by molar-refractivity contribution is 5.86. The van der Waals surface area contributed by atoms with Crippen LogP contribution in [-0.4, -0.2) is 51.1 Å². The Hall–Kier alpha value is -1.47. The van der Waals surface area contributed by atoms with Gasteiger partial charge in [-0.15, -0.1) is 0 Å². The fourth-order valence-electron chi connectivity index (χ4n) is 2.12. The van der Waals surface area contributed by atoms with E-state index in [9.17, 15) is 15.3 Å². The van der Waals surface area contributed by atoms with Crippen LogP contribution in [0.15, 0.2) is 35.5 Å². The molecule has 1 heterocycles. The molecule has 4 N–H and O–H groups in total. The third kappa shape index (κ3) is 3.55. The molecule has 1 aromatic carbocycles. The minimum Gasteiger partial charge on any atom is -0.394 e. The molecule has 6 nitrogen and oxygen atoms in total. The summed E-state index contributed by atoms with van der Waals surface area (Å²) in [6.45, 7) is -0.603. The van der Waals surface area contributed by atoms with Crippen molar-refractivity contribution in [3.8, 4) is 0 Å². The summed E-state index contributed by atoms with van der Waals surface area (Å²) < 4.78 is 0. The van der Waals surface area contributed by atoms with Crippen LogP contribution >= 0.6 is 0 Å². The second-order valence-corrected chi connectivity index (χ2v) is 4.88. The number of aliphatic hydroxyl groups excluding tert-OH is 4. The standard InChI is InChI=1S/C14H19NO5/c16-8-12(18)14(19)11(17)6-10-7-13(20-15-10)9-4-2-1-3-5-9/h1-5,11-14,16-19H,6-8H2/t11-,12-,13?,14+/m1/s1. The number of benzene rings is 1. The Morgan fingerprint density at radius 2 is 1.85 bits per heavy atom. The van der Waals surface area contributed by atoms with Crippen molar-refractivity contribution in [2.45, 2.75) is 37.3 Å². The smallest absolute Gasteiger partial charge is 0.157 e. The molecular formula is C14H19NO5. The lowest BCUT2D eigenvalue weighted by Crippen LogP contribution is -2.40. The molecule has 0 saturated carbocycles. The lowest BCUT2D eigenvalue weighted by molar-refractivity contribution is -0.0735. The van der Waals surface area contributed by atoms with Gasteiger partial charge in [-0.1, -0.05) is 35.5 Å². The summed E-state index contributed by atoms with van der Waals surface area (Å²) in [6.07, 6.45) is -3.51. The van der Waals surface area contributed by atoms with E-state index in [1.165, 1.54) is 0 Å². The summed E-state index contributed by atoms with van der Waals surface area (Å²) in [5, 5.41) is 41.3. The summed E-state index contributed by atoms with van der Waals surface area (Å²) in [5.74, 6) is 0.